The third-order valence-electron chi connectivity index (χ3n) is 2.04. The van der Waals surface area contributed by atoms with Crippen LogP contribution in [0.4, 0.5) is 4.39 Å². The minimum Gasteiger partial charge on any atom is -0.457 e. The number of hydrogen-bond acceptors (Lipinski definition) is 1. The SMILES string of the molecule is Cc1cccc(Oc2ccc(F)cc2)c1. The van der Waals surface area contributed by atoms with Gasteiger partial charge in [0.1, 0.15) is 17.3 Å². The Morgan fingerprint density at radius 3 is 2.33 bits per heavy atom. The highest BCUT2D eigenvalue weighted by atomic mass is 19.1. The van der Waals surface area contributed by atoms with Gasteiger partial charge < -0.3 is 4.74 Å². The van der Waals surface area contributed by atoms with Crippen molar-refractivity contribution < 1.29 is 9.13 Å². The van der Waals surface area contributed by atoms with Crippen molar-refractivity contribution in [3.63, 3.8) is 0 Å². The van der Waals surface area contributed by atoms with Crippen LogP contribution in [0.3, 0.4) is 0 Å². The third kappa shape index (κ3) is 2.56. The Labute approximate surface area is 88.1 Å². The van der Waals surface area contributed by atoms with Gasteiger partial charge in [-0.15, -0.1) is 0 Å². The van der Waals surface area contributed by atoms with Crippen molar-refractivity contribution >= 4 is 0 Å². The normalized spacial score (nSPS) is 10.0. The first kappa shape index (κ1) is 9.71. The fourth-order valence-electron chi connectivity index (χ4n) is 1.32. The van der Waals surface area contributed by atoms with Gasteiger partial charge in [0.05, 0.1) is 0 Å². The summed E-state index contributed by atoms with van der Waals surface area (Å²) in [6.07, 6.45) is 0. The quantitative estimate of drug-likeness (QED) is 0.717. The summed E-state index contributed by atoms with van der Waals surface area (Å²) in [4.78, 5) is 0. The van der Waals surface area contributed by atoms with Crippen LogP contribution in [-0.4, -0.2) is 0 Å². The predicted octanol–water partition coefficient (Wildman–Crippen LogP) is 3.93. The number of hydrogen-bond donors (Lipinski definition) is 0. The molecule has 0 atom stereocenters. The third-order valence-corrected chi connectivity index (χ3v) is 2.04. The molecule has 0 unspecified atom stereocenters. The van der Waals surface area contributed by atoms with Gasteiger partial charge in [-0.1, -0.05) is 12.1 Å². The van der Waals surface area contributed by atoms with Crippen LogP contribution in [0, 0.1) is 12.7 Å². The molecule has 1 nitrogen and oxygen atoms in total. The van der Waals surface area contributed by atoms with Crippen molar-refractivity contribution in [1.82, 2.24) is 0 Å². The maximum Gasteiger partial charge on any atom is 0.127 e. The molecule has 0 saturated carbocycles. The monoisotopic (exact) mass is 202 g/mol. The van der Waals surface area contributed by atoms with Crippen LogP contribution in [-0.2, 0) is 0 Å². The van der Waals surface area contributed by atoms with Crippen molar-refractivity contribution in [1.29, 1.82) is 0 Å². The second-order valence-corrected chi connectivity index (χ2v) is 3.37. The van der Waals surface area contributed by atoms with Crippen LogP contribution in [0.1, 0.15) is 5.56 Å². The van der Waals surface area contributed by atoms with Gasteiger partial charge in [-0.2, -0.15) is 0 Å². The van der Waals surface area contributed by atoms with E-state index in [1.807, 2.05) is 31.2 Å². The smallest absolute Gasteiger partial charge is 0.127 e. The summed E-state index contributed by atoms with van der Waals surface area (Å²) in [6, 6.07) is 13.7. The average Bonchev–Trinajstić information content (AvgIpc) is 2.22. The van der Waals surface area contributed by atoms with Crippen LogP contribution >= 0.6 is 0 Å². The Bertz CT molecular complexity index is 448. The molecule has 15 heavy (non-hydrogen) atoms. The van der Waals surface area contributed by atoms with E-state index in [1.54, 1.807) is 12.1 Å². The molecule has 0 saturated heterocycles. The molecule has 0 heterocycles. The molecule has 0 aliphatic carbocycles. The first-order chi connectivity index (χ1) is 7.24. The maximum atomic E-state index is 12.6. The molecule has 0 spiro atoms. The Hall–Kier alpha value is -1.83. The predicted molar refractivity (Wildman–Crippen MR) is 57.7 cm³/mol. The Morgan fingerprint density at radius 2 is 1.67 bits per heavy atom. The summed E-state index contributed by atoms with van der Waals surface area (Å²) in [6.45, 7) is 2.00. The van der Waals surface area contributed by atoms with E-state index in [4.69, 9.17) is 4.74 Å². The fourth-order valence-corrected chi connectivity index (χ4v) is 1.32. The minimum absolute atomic E-state index is 0.258. The van der Waals surface area contributed by atoms with Crippen molar-refractivity contribution in [3.05, 3.63) is 59.9 Å². The summed E-state index contributed by atoms with van der Waals surface area (Å²) in [5.74, 6) is 1.15. The molecule has 0 radical (unpaired) electrons. The number of ether oxygens (including phenoxy) is 1. The lowest BCUT2D eigenvalue weighted by atomic mass is 10.2. The molecule has 0 aliphatic rings. The lowest BCUT2D eigenvalue weighted by molar-refractivity contribution is 0.480. The first-order valence-electron chi connectivity index (χ1n) is 4.74. The molecule has 0 bridgehead atoms. The summed E-state index contributed by atoms with van der Waals surface area (Å²) in [5, 5.41) is 0. The van der Waals surface area contributed by atoms with E-state index >= 15 is 0 Å². The van der Waals surface area contributed by atoms with E-state index < -0.39 is 0 Å². The molecule has 0 aliphatic heterocycles. The van der Waals surface area contributed by atoms with Crippen molar-refractivity contribution in [3.8, 4) is 11.5 Å². The Kier molecular flexibility index (Phi) is 2.68. The molecule has 2 aromatic rings. The van der Waals surface area contributed by atoms with Crippen molar-refractivity contribution in [2.75, 3.05) is 0 Å². The van der Waals surface area contributed by atoms with Gasteiger partial charge in [0.2, 0.25) is 0 Å². The molecule has 0 aromatic heterocycles. The summed E-state index contributed by atoms with van der Waals surface area (Å²) < 4.78 is 18.2. The van der Waals surface area contributed by atoms with E-state index in [0.29, 0.717) is 5.75 Å². The van der Waals surface area contributed by atoms with Crippen LogP contribution in [0.2, 0.25) is 0 Å². The zero-order valence-electron chi connectivity index (χ0n) is 8.41. The second kappa shape index (κ2) is 4.13. The van der Waals surface area contributed by atoms with Gasteiger partial charge in [0, 0.05) is 0 Å². The molecular weight excluding hydrogens is 191 g/mol. The van der Waals surface area contributed by atoms with Gasteiger partial charge in [-0.3, -0.25) is 0 Å². The lowest BCUT2D eigenvalue weighted by Crippen LogP contribution is -1.84. The molecule has 0 fully saturated rings. The maximum absolute atomic E-state index is 12.6. The highest BCUT2D eigenvalue weighted by Crippen LogP contribution is 2.21. The molecule has 2 heteroatoms. The van der Waals surface area contributed by atoms with Gasteiger partial charge >= 0.3 is 0 Å². The van der Waals surface area contributed by atoms with Gasteiger partial charge in [0.15, 0.2) is 0 Å². The number of halogens is 1. The van der Waals surface area contributed by atoms with E-state index in [1.165, 1.54) is 12.1 Å². The van der Waals surface area contributed by atoms with E-state index in [9.17, 15) is 4.39 Å². The Morgan fingerprint density at radius 1 is 0.933 bits per heavy atom. The van der Waals surface area contributed by atoms with E-state index in [0.717, 1.165) is 11.3 Å². The van der Waals surface area contributed by atoms with Crippen molar-refractivity contribution in [2.24, 2.45) is 0 Å². The number of aryl methyl sites for hydroxylation is 1. The molecule has 76 valence electrons. The summed E-state index contributed by atoms with van der Waals surface area (Å²) in [5.41, 5.74) is 1.13. The highest BCUT2D eigenvalue weighted by molar-refractivity contribution is 5.33. The number of rotatable bonds is 2. The van der Waals surface area contributed by atoms with Gasteiger partial charge in [0.25, 0.3) is 0 Å². The molecule has 2 aromatic carbocycles. The van der Waals surface area contributed by atoms with Crippen LogP contribution in [0.15, 0.2) is 48.5 Å². The van der Waals surface area contributed by atoms with Gasteiger partial charge in [-0.05, 0) is 48.9 Å². The zero-order chi connectivity index (χ0) is 10.7. The fraction of sp³-hybridized carbons (Fsp3) is 0.0769. The second-order valence-electron chi connectivity index (χ2n) is 3.37. The van der Waals surface area contributed by atoms with Crippen LogP contribution in [0.5, 0.6) is 11.5 Å². The van der Waals surface area contributed by atoms with Crippen LogP contribution < -0.4 is 4.74 Å². The molecular formula is C13H11FO. The zero-order valence-corrected chi connectivity index (χ0v) is 8.41. The summed E-state index contributed by atoms with van der Waals surface area (Å²) in [7, 11) is 0. The topological polar surface area (TPSA) is 9.23 Å². The van der Waals surface area contributed by atoms with Gasteiger partial charge in [-0.25, -0.2) is 4.39 Å². The largest absolute Gasteiger partial charge is 0.457 e. The molecule has 0 amide bonds. The lowest BCUT2D eigenvalue weighted by Gasteiger charge is -2.05. The molecule has 2 rings (SSSR count). The van der Waals surface area contributed by atoms with E-state index in [2.05, 4.69) is 0 Å². The minimum atomic E-state index is -0.258. The van der Waals surface area contributed by atoms with E-state index in [-0.39, 0.29) is 5.82 Å². The number of benzene rings is 2. The standard InChI is InChI=1S/C13H11FO/c1-10-3-2-4-13(9-10)15-12-7-5-11(14)6-8-12/h2-9H,1H3. The van der Waals surface area contributed by atoms with Crippen LogP contribution in [0.25, 0.3) is 0 Å². The highest BCUT2D eigenvalue weighted by Gasteiger charge is 1.97. The Balaban J connectivity index is 2.18. The summed E-state index contributed by atoms with van der Waals surface area (Å²) >= 11 is 0. The average molecular weight is 202 g/mol. The molecule has 0 N–H and O–H groups in total. The van der Waals surface area contributed by atoms with Crippen molar-refractivity contribution in [2.45, 2.75) is 6.92 Å². The first-order valence-corrected chi connectivity index (χ1v) is 4.74.